The quantitative estimate of drug-likeness (QED) is 0.607. The molecule has 0 fully saturated rings. The van der Waals surface area contributed by atoms with Crippen LogP contribution in [0.5, 0.6) is 0 Å². The first kappa shape index (κ1) is 7.28. The molecule has 0 heterocycles. The fraction of sp³-hybridized carbons (Fsp3) is 0.143. The lowest BCUT2D eigenvalue weighted by atomic mass is 10.2. The summed E-state index contributed by atoms with van der Waals surface area (Å²) in [6.07, 6.45) is 0. The predicted octanol–water partition coefficient (Wildman–Crippen LogP) is 2.50. The van der Waals surface area contributed by atoms with Crippen LogP contribution in [0.15, 0.2) is 22.6 Å². The Morgan fingerprint density at radius 1 is 1.50 bits per heavy atom. The minimum absolute atomic E-state index is 0.258. The molecule has 1 nitrogen and oxygen atoms in total. The molecule has 1 aromatic rings. The van der Waals surface area contributed by atoms with Crippen molar-refractivity contribution in [3.8, 4) is 0 Å². The maximum atomic E-state index is 12.7. The van der Waals surface area contributed by atoms with Gasteiger partial charge in [0.1, 0.15) is 5.82 Å². The van der Waals surface area contributed by atoms with Gasteiger partial charge in [-0.1, -0.05) is 6.07 Å². The molecule has 0 amide bonds. The number of aryl methyl sites for hydroxylation is 1. The van der Waals surface area contributed by atoms with E-state index in [4.69, 9.17) is 0 Å². The van der Waals surface area contributed by atoms with Crippen LogP contribution in [0.25, 0.3) is 0 Å². The van der Waals surface area contributed by atoms with Gasteiger partial charge >= 0.3 is 0 Å². The van der Waals surface area contributed by atoms with Crippen molar-refractivity contribution in [3.05, 3.63) is 29.6 Å². The highest BCUT2D eigenvalue weighted by Gasteiger charge is 1.96. The third kappa shape index (κ3) is 1.36. The molecule has 0 bridgehead atoms. The van der Waals surface area contributed by atoms with E-state index in [2.05, 4.69) is 16.8 Å². The standard InChI is InChI=1S/C7H6FNS/c1-5-2-3-6(9-10)4-7(5)8/h2-4H,1H3. The molecule has 0 saturated heterocycles. The molecule has 0 radical (unpaired) electrons. The summed E-state index contributed by atoms with van der Waals surface area (Å²) in [6, 6.07) is 4.66. The Balaban J connectivity index is 3.16. The molecule has 52 valence electrons. The largest absolute Gasteiger partial charge is 0.207 e. The van der Waals surface area contributed by atoms with Gasteiger partial charge in [-0.25, -0.2) is 4.39 Å². The van der Waals surface area contributed by atoms with Gasteiger partial charge in [0, 0.05) is 18.5 Å². The van der Waals surface area contributed by atoms with E-state index in [0.717, 1.165) is 0 Å². The summed E-state index contributed by atoms with van der Waals surface area (Å²) in [4.78, 5) is 0. The first-order chi connectivity index (χ1) is 4.74. The zero-order valence-electron chi connectivity index (χ0n) is 5.47. The van der Waals surface area contributed by atoms with Crippen molar-refractivity contribution < 1.29 is 4.39 Å². The first-order valence-corrected chi connectivity index (χ1v) is 3.20. The van der Waals surface area contributed by atoms with Crippen molar-refractivity contribution in [2.75, 3.05) is 0 Å². The van der Waals surface area contributed by atoms with Crippen LogP contribution in [0.4, 0.5) is 10.1 Å². The highest BCUT2D eigenvalue weighted by atomic mass is 32.1. The zero-order valence-corrected chi connectivity index (χ0v) is 6.28. The normalized spacial score (nSPS) is 9.40. The summed E-state index contributed by atoms with van der Waals surface area (Å²) in [7, 11) is 0. The zero-order chi connectivity index (χ0) is 7.56. The summed E-state index contributed by atoms with van der Waals surface area (Å²) in [6.45, 7) is 1.70. The SMILES string of the molecule is Cc1ccc(N=S)cc1F. The summed E-state index contributed by atoms with van der Waals surface area (Å²) in [5, 5.41) is 0. The smallest absolute Gasteiger partial charge is 0.128 e. The number of hydrogen-bond donors (Lipinski definition) is 0. The van der Waals surface area contributed by atoms with E-state index in [1.165, 1.54) is 6.07 Å². The maximum absolute atomic E-state index is 12.7. The van der Waals surface area contributed by atoms with Gasteiger partial charge in [-0.05, 0) is 18.6 Å². The fourth-order valence-corrected chi connectivity index (χ4v) is 0.752. The van der Waals surface area contributed by atoms with E-state index < -0.39 is 0 Å². The van der Waals surface area contributed by atoms with Gasteiger partial charge in [0.05, 0.1) is 5.69 Å². The van der Waals surface area contributed by atoms with E-state index in [1.54, 1.807) is 19.1 Å². The van der Waals surface area contributed by atoms with Gasteiger partial charge in [-0.2, -0.15) is 4.36 Å². The highest BCUT2D eigenvalue weighted by molar-refractivity contribution is 7.47. The second kappa shape index (κ2) is 2.84. The number of nitrogens with zero attached hydrogens (tertiary/aromatic N) is 1. The molecule has 1 aromatic carbocycles. The van der Waals surface area contributed by atoms with Crippen LogP contribution >= 0.6 is 0 Å². The second-order valence-electron chi connectivity index (χ2n) is 2.02. The Morgan fingerprint density at radius 2 is 2.20 bits per heavy atom. The van der Waals surface area contributed by atoms with Crippen LogP contribution in [0.1, 0.15) is 5.56 Å². The molecule has 0 aliphatic heterocycles. The summed E-state index contributed by atoms with van der Waals surface area (Å²) in [5.74, 6) is -0.258. The number of benzene rings is 1. The summed E-state index contributed by atoms with van der Waals surface area (Å²) >= 11 is 4.38. The Bertz CT molecular complexity index is 260. The Hall–Kier alpha value is -0.830. The van der Waals surface area contributed by atoms with Crippen LogP contribution in [-0.2, 0) is 12.4 Å². The Labute approximate surface area is 64.1 Å². The molecular weight excluding hydrogens is 149 g/mol. The molecule has 0 unspecified atom stereocenters. The number of halogens is 1. The monoisotopic (exact) mass is 155 g/mol. The lowest BCUT2D eigenvalue weighted by molar-refractivity contribution is 0.619. The van der Waals surface area contributed by atoms with Gasteiger partial charge in [0.25, 0.3) is 0 Å². The van der Waals surface area contributed by atoms with E-state index >= 15 is 0 Å². The molecular formula is C7H6FNS. The molecule has 0 aliphatic carbocycles. The maximum Gasteiger partial charge on any atom is 0.128 e. The van der Waals surface area contributed by atoms with Gasteiger partial charge in [-0.15, -0.1) is 0 Å². The molecule has 0 aliphatic rings. The lowest BCUT2D eigenvalue weighted by Gasteiger charge is -1.94. The number of rotatable bonds is 1. The van der Waals surface area contributed by atoms with Crippen LogP contribution in [0.2, 0.25) is 0 Å². The number of hydrogen-bond acceptors (Lipinski definition) is 2. The topological polar surface area (TPSA) is 12.4 Å². The van der Waals surface area contributed by atoms with Crippen LogP contribution in [0.3, 0.4) is 0 Å². The minimum atomic E-state index is -0.258. The van der Waals surface area contributed by atoms with Crippen LogP contribution < -0.4 is 0 Å². The molecule has 0 N–H and O–H groups in total. The Morgan fingerprint density at radius 3 is 2.70 bits per heavy atom. The summed E-state index contributed by atoms with van der Waals surface area (Å²) in [5.41, 5.74) is 1.11. The minimum Gasteiger partial charge on any atom is -0.207 e. The van der Waals surface area contributed by atoms with Crippen molar-refractivity contribution in [1.29, 1.82) is 0 Å². The lowest BCUT2D eigenvalue weighted by Crippen LogP contribution is -1.78. The van der Waals surface area contributed by atoms with Gasteiger partial charge in [0.2, 0.25) is 0 Å². The Kier molecular flexibility index (Phi) is 2.06. The molecule has 0 atom stereocenters. The van der Waals surface area contributed by atoms with Crippen molar-refractivity contribution in [2.45, 2.75) is 6.92 Å². The molecule has 1 rings (SSSR count). The molecule has 0 aromatic heterocycles. The van der Waals surface area contributed by atoms with Gasteiger partial charge in [0.15, 0.2) is 0 Å². The van der Waals surface area contributed by atoms with Crippen molar-refractivity contribution in [2.24, 2.45) is 4.36 Å². The van der Waals surface area contributed by atoms with E-state index in [9.17, 15) is 4.39 Å². The molecule has 0 spiro atoms. The molecule has 3 heteroatoms. The van der Waals surface area contributed by atoms with Crippen molar-refractivity contribution in [1.82, 2.24) is 0 Å². The first-order valence-electron chi connectivity index (χ1n) is 2.83. The molecule has 0 saturated carbocycles. The van der Waals surface area contributed by atoms with Crippen molar-refractivity contribution >= 4 is 18.1 Å². The van der Waals surface area contributed by atoms with Crippen molar-refractivity contribution in [3.63, 3.8) is 0 Å². The van der Waals surface area contributed by atoms with Gasteiger partial charge < -0.3 is 0 Å². The third-order valence-corrected chi connectivity index (χ3v) is 1.47. The van der Waals surface area contributed by atoms with Gasteiger partial charge in [-0.3, -0.25) is 0 Å². The summed E-state index contributed by atoms with van der Waals surface area (Å²) < 4.78 is 16.1. The van der Waals surface area contributed by atoms with Crippen LogP contribution in [-0.4, -0.2) is 0 Å². The third-order valence-electron chi connectivity index (χ3n) is 1.26. The predicted molar refractivity (Wildman–Crippen MR) is 40.6 cm³/mol. The highest BCUT2D eigenvalue weighted by Crippen LogP contribution is 2.15. The fourth-order valence-electron chi connectivity index (χ4n) is 0.639. The van der Waals surface area contributed by atoms with E-state index in [1.807, 2.05) is 0 Å². The van der Waals surface area contributed by atoms with E-state index in [-0.39, 0.29) is 5.82 Å². The van der Waals surface area contributed by atoms with Crippen LogP contribution in [0, 0.1) is 12.7 Å². The average molecular weight is 155 g/mol. The second-order valence-corrected chi connectivity index (χ2v) is 2.21. The molecule has 10 heavy (non-hydrogen) atoms. The average Bonchev–Trinajstić information content (AvgIpc) is 1.95. The van der Waals surface area contributed by atoms with E-state index in [0.29, 0.717) is 11.3 Å².